The lowest BCUT2D eigenvalue weighted by Crippen LogP contribution is -2.39. The molecule has 2 heterocycles. The van der Waals surface area contributed by atoms with Gasteiger partial charge in [-0.05, 0) is 5.92 Å². The van der Waals surface area contributed by atoms with Crippen LogP contribution < -0.4 is 5.32 Å². The van der Waals surface area contributed by atoms with Gasteiger partial charge in [0.1, 0.15) is 0 Å². The first-order valence-electron chi connectivity index (χ1n) is 5.49. The molecule has 0 spiro atoms. The number of carbonyl (C=O) groups excluding carboxylic acids is 1. The molecule has 0 bridgehead atoms. The molecule has 17 heavy (non-hydrogen) atoms. The SMILES string of the molecule is CC(C)c1nn(C)c2c1CNC(=O)C2C(=O)O. The van der Waals surface area contributed by atoms with E-state index in [4.69, 9.17) is 5.11 Å². The number of fused-ring (bicyclic) bond motifs is 1. The lowest BCUT2D eigenvalue weighted by Gasteiger charge is -2.21. The molecule has 6 nitrogen and oxygen atoms in total. The van der Waals surface area contributed by atoms with Gasteiger partial charge < -0.3 is 10.4 Å². The molecule has 0 aromatic carbocycles. The van der Waals surface area contributed by atoms with Gasteiger partial charge in [0.05, 0.1) is 11.4 Å². The third kappa shape index (κ3) is 1.69. The summed E-state index contributed by atoms with van der Waals surface area (Å²) in [4.78, 5) is 22.8. The van der Waals surface area contributed by atoms with E-state index in [2.05, 4.69) is 10.4 Å². The van der Waals surface area contributed by atoms with Gasteiger partial charge in [-0.1, -0.05) is 13.8 Å². The second kappa shape index (κ2) is 3.87. The van der Waals surface area contributed by atoms with E-state index in [1.165, 1.54) is 4.68 Å². The van der Waals surface area contributed by atoms with Gasteiger partial charge in [-0.25, -0.2) is 0 Å². The van der Waals surface area contributed by atoms with Crippen molar-refractivity contribution in [3.63, 3.8) is 0 Å². The Hall–Kier alpha value is -1.85. The Bertz CT molecular complexity index is 490. The molecule has 0 saturated carbocycles. The highest BCUT2D eigenvalue weighted by Crippen LogP contribution is 2.30. The Balaban J connectivity index is 2.60. The van der Waals surface area contributed by atoms with Gasteiger partial charge in [0.25, 0.3) is 0 Å². The molecular weight excluding hydrogens is 222 g/mol. The Labute approximate surface area is 98.6 Å². The van der Waals surface area contributed by atoms with Crippen LogP contribution in [0.4, 0.5) is 0 Å². The van der Waals surface area contributed by atoms with Gasteiger partial charge >= 0.3 is 5.97 Å². The minimum atomic E-state index is -1.15. The highest BCUT2D eigenvalue weighted by Gasteiger charge is 2.38. The number of carbonyl (C=O) groups is 2. The van der Waals surface area contributed by atoms with Gasteiger partial charge in [0, 0.05) is 19.2 Å². The molecule has 2 rings (SSSR count). The highest BCUT2D eigenvalue weighted by molar-refractivity contribution is 6.03. The Morgan fingerprint density at radius 3 is 2.76 bits per heavy atom. The summed E-state index contributed by atoms with van der Waals surface area (Å²) in [5, 5.41) is 16.1. The average Bonchev–Trinajstić information content (AvgIpc) is 2.56. The lowest BCUT2D eigenvalue weighted by molar-refractivity contribution is -0.143. The van der Waals surface area contributed by atoms with Crippen LogP contribution in [0.25, 0.3) is 0 Å². The van der Waals surface area contributed by atoms with Crippen molar-refractivity contribution in [2.75, 3.05) is 0 Å². The number of aliphatic carboxylic acids is 1. The molecule has 1 aromatic heterocycles. The number of hydrogen-bond acceptors (Lipinski definition) is 3. The van der Waals surface area contributed by atoms with Crippen molar-refractivity contribution >= 4 is 11.9 Å². The predicted molar refractivity (Wildman–Crippen MR) is 59.5 cm³/mol. The zero-order chi connectivity index (χ0) is 12.7. The van der Waals surface area contributed by atoms with Crippen molar-refractivity contribution in [1.29, 1.82) is 0 Å². The Kier molecular flexibility index (Phi) is 2.65. The van der Waals surface area contributed by atoms with Crippen molar-refractivity contribution in [2.24, 2.45) is 7.05 Å². The second-order valence-corrected chi connectivity index (χ2v) is 4.52. The molecule has 1 aromatic rings. The number of hydrogen-bond donors (Lipinski definition) is 2. The van der Waals surface area contributed by atoms with E-state index in [0.29, 0.717) is 12.2 Å². The van der Waals surface area contributed by atoms with Crippen molar-refractivity contribution in [2.45, 2.75) is 32.2 Å². The van der Waals surface area contributed by atoms with Crippen LogP contribution in [0, 0.1) is 0 Å². The molecule has 1 amide bonds. The molecule has 1 atom stereocenters. The van der Waals surface area contributed by atoms with Gasteiger partial charge in [-0.2, -0.15) is 5.10 Å². The maximum atomic E-state index is 11.6. The molecule has 1 aliphatic rings. The number of aryl methyl sites for hydroxylation is 1. The molecule has 1 aliphatic heterocycles. The minimum absolute atomic E-state index is 0.203. The van der Waals surface area contributed by atoms with E-state index in [0.717, 1.165) is 11.3 Å². The number of amides is 1. The highest BCUT2D eigenvalue weighted by atomic mass is 16.4. The molecule has 0 fully saturated rings. The maximum Gasteiger partial charge on any atom is 0.322 e. The minimum Gasteiger partial charge on any atom is -0.480 e. The van der Waals surface area contributed by atoms with Crippen LogP contribution in [0.1, 0.15) is 42.6 Å². The largest absolute Gasteiger partial charge is 0.480 e. The number of nitrogens with zero attached hydrogens (tertiary/aromatic N) is 2. The summed E-state index contributed by atoms with van der Waals surface area (Å²) in [5.41, 5.74) is 2.20. The molecule has 2 N–H and O–H groups in total. The van der Waals surface area contributed by atoms with E-state index in [9.17, 15) is 9.59 Å². The topological polar surface area (TPSA) is 84.2 Å². The lowest BCUT2D eigenvalue weighted by atomic mass is 9.93. The van der Waals surface area contributed by atoms with Crippen LogP contribution in [-0.2, 0) is 23.2 Å². The fourth-order valence-corrected chi connectivity index (χ4v) is 2.24. The van der Waals surface area contributed by atoms with Crippen molar-refractivity contribution in [3.05, 3.63) is 17.0 Å². The first-order valence-corrected chi connectivity index (χ1v) is 5.49. The molecule has 1 unspecified atom stereocenters. The molecule has 0 saturated heterocycles. The second-order valence-electron chi connectivity index (χ2n) is 4.52. The maximum absolute atomic E-state index is 11.6. The number of aromatic nitrogens is 2. The molecule has 6 heteroatoms. The van der Waals surface area contributed by atoms with E-state index in [1.54, 1.807) is 7.05 Å². The van der Waals surface area contributed by atoms with Crippen LogP contribution >= 0.6 is 0 Å². The first-order chi connectivity index (χ1) is 7.93. The third-order valence-electron chi connectivity index (χ3n) is 2.99. The number of carboxylic acid groups (broad SMARTS) is 1. The summed E-state index contributed by atoms with van der Waals surface area (Å²) in [6.07, 6.45) is 0. The standard InChI is InChI=1S/C11H15N3O3/c1-5(2)8-6-4-12-10(15)7(11(16)17)9(6)14(3)13-8/h5,7H,4H2,1-3H3,(H,12,15)(H,16,17). The molecule has 0 radical (unpaired) electrons. The number of nitrogens with one attached hydrogen (secondary N) is 1. The first kappa shape index (κ1) is 11.6. The van der Waals surface area contributed by atoms with E-state index in [-0.39, 0.29) is 5.92 Å². The fourth-order valence-electron chi connectivity index (χ4n) is 2.24. The molecular formula is C11H15N3O3. The van der Waals surface area contributed by atoms with Crippen LogP contribution in [0.5, 0.6) is 0 Å². The van der Waals surface area contributed by atoms with Crippen LogP contribution in [0.2, 0.25) is 0 Å². The summed E-state index contributed by atoms with van der Waals surface area (Å²) in [6.45, 7) is 4.35. The number of carboxylic acids is 1. The summed E-state index contributed by atoms with van der Waals surface area (Å²) < 4.78 is 1.52. The fraction of sp³-hybridized carbons (Fsp3) is 0.545. The van der Waals surface area contributed by atoms with E-state index >= 15 is 0 Å². The van der Waals surface area contributed by atoms with Gasteiger partial charge in [-0.3, -0.25) is 14.3 Å². The summed E-state index contributed by atoms with van der Waals surface area (Å²) >= 11 is 0. The van der Waals surface area contributed by atoms with Gasteiger partial charge in [-0.15, -0.1) is 0 Å². The normalized spacial score (nSPS) is 19.1. The van der Waals surface area contributed by atoms with E-state index in [1.807, 2.05) is 13.8 Å². The zero-order valence-corrected chi connectivity index (χ0v) is 10.0. The smallest absolute Gasteiger partial charge is 0.322 e. The summed E-state index contributed by atoms with van der Waals surface area (Å²) in [5.74, 6) is -2.55. The predicted octanol–water partition coefficient (Wildman–Crippen LogP) is 0.341. The quantitative estimate of drug-likeness (QED) is 0.726. The zero-order valence-electron chi connectivity index (χ0n) is 10.0. The van der Waals surface area contributed by atoms with Crippen LogP contribution in [0.3, 0.4) is 0 Å². The molecule has 92 valence electrons. The Morgan fingerprint density at radius 2 is 2.24 bits per heavy atom. The Morgan fingerprint density at radius 1 is 1.59 bits per heavy atom. The van der Waals surface area contributed by atoms with Crippen molar-refractivity contribution < 1.29 is 14.7 Å². The van der Waals surface area contributed by atoms with Crippen LogP contribution in [0.15, 0.2) is 0 Å². The van der Waals surface area contributed by atoms with Crippen molar-refractivity contribution in [3.8, 4) is 0 Å². The van der Waals surface area contributed by atoms with Crippen molar-refractivity contribution in [1.82, 2.24) is 15.1 Å². The average molecular weight is 237 g/mol. The number of rotatable bonds is 2. The molecule has 0 aliphatic carbocycles. The van der Waals surface area contributed by atoms with E-state index < -0.39 is 17.8 Å². The third-order valence-corrected chi connectivity index (χ3v) is 2.99. The van der Waals surface area contributed by atoms with Gasteiger partial charge in [0.15, 0.2) is 5.92 Å². The monoisotopic (exact) mass is 237 g/mol. The van der Waals surface area contributed by atoms with Crippen LogP contribution in [-0.4, -0.2) is 26.8 Å². The summed E-state index contributed by atoms with van der Waals surface area (Å²) in [6, 6.07) is 0. The van der Waals surface area contributed by atoms with Gasteiger partial charge in [0.2, 0.25) is 5.91 Å². The summed E-state index contributed by atoms with van der Waals surface area (Å²) in [7, 11) is 1.68.